The highest BCUT2D eigenvalue weighted by Gasteiger charge is 2.38. The van der Waals surface area contributed by atoms with Crippen molar-refractivity contribution < 1.29 is 19.1 Å². The van der Waals surface area contributed by atoms with Crippen LogP contribution >= 0.6 is 11.8 Å². The smallest absolute Gasteiger partial charge is 0.326 e. The Bertz CT molecular complexity index is 823. The van der Waals surface area contributed by atoms with Crippen molar-refractivity contribution in [1.29, 1.82) is 0 Å². The predicted molar refractivity (Wildman–Crippen MR) is 102 cm³/mol. The van der Waals surface area contributed by atoms with Crippen molar-refractivity contribution >= 4 is 23.7 Å². The summed E-state index contributed by atoms with van der Waals surface area (Å²) >= 11 is 1.63. The molecular weight excluding hydrogens is 364 g/mol. The van der Waals surface area contributed by atoms with Gasteiger partial charge in [0.15, 0.2) is 11.7 Å². The third kappa shape index (κ3) is 4.13. The summed E-state index contributed by atoms with van der Waals surface area (Å²) in [4.78, 5) is 34.5. The highest BCUT2D eigenvalue weighted by molar-refractivity contribution is 8.00. The molecular formula is C20H22N2O4S. The summed E-state index contributed by atoms with van der Waals surface area (Å²) in [7, 11) is 0. The Hall–Kier alpha value is -2.41. The molecule has 0 radical (unpaired) electrons. The molecule has 142 valence electrons. The van der Waals surface area contributed by atoms with Gasteiger partial charge < -0.3 is 9.47 Å². The molecule has 2 heterocycles. The molecule has 1 aliphatic heterocycles. The van der Waals surface area contributed by atoms with Crippen LogP contribution in [-0.4, -0.2) is 40.4 Å². The number of hydrogen-bond acceptors (Lipinski definition) is 7. The first kappa shape index (κ1) is 19.4. The normalized spacial score (nSPS) is 15.5. The maximum atomic E-state index is 12.6. The molecule has 3 rings (SSSR count). The number of nitrogens with zero attached hydrogens (tertiary/aromatic N) is 2. The molecule has 1 aromatic carbocycles. The van der Waals surface area contributed by atoms with E-state index in [4.69, 9.17) is 9.47 Å². The number of rotatable bonds is 6. The second-order valence-corrected chi connectivity index (χ2v) is 7.58. The molecule has 0 amide bonds. The molecule has 6 nitrogen and oxygen atoms in total. The van der Waals surface area contributed by atoms with E-state index in [1.807, 2.05) is 30.3 Å². The van der Waals surface area contributed by atoms with E-state index in [1.54, 1.807) is 25.6 Å². The first-order valence-electron chi connectivity index (χ1n) is 9.01. The molecule has 2 aromatic rings. The summed E-state index contributed by atoms with van der Waals surface area (Å²) in [6.07, 6.45) is 0.694. The van der Waals surface area contributed by atoms with Gasteiger partial charge in [0.1, 0.15) is 5.03 Å². The third-order valence-electron chi connectivity index (χ3n) is 4.16. The van der Waals surface area contributed by atoms with Crippen LogP contribution in [0.2, 0.25) is 0 Å². The second kappa shape index (κ2) is 8.52. The van der Waals surface area contributed by atoms with Crippen LogP contribution in [-0.2, 0) is 25.5 Å². The van der Waals surface area contributed by atoms with Crippen LogP contribution in [0.25, 0.3) is 11.4 Å². The minimum Gasteiger partial charge on any atom is -0.465 e. The van der Waals surface area contributed by atoms with Gasteiger partial charge in [0.2, 0.25) is 0 Å². The minimum absolute atomic E-state index is 0.179. The van der Waals surface area contributed by atoms with Crippen LogP contribution in [0.5, 0.6) is 0 Å². The highest BCUT2D eigenvalue weighted by atomic mass is 32.2. The molecule has 0 N–H and O–H groups in total. The fourth-order valence-corrected chi connectivity index (χ4v) is 4.12. The molecule has 1 atom stereocenters. The number of fused-ring (bicyclic) bond motifs is 1. The average molecular weight is 386 g/mol. The van der Waals surface area contributed by atoms with Crippen molar-refractivity contribution in [2.75, 3.05) is 13.2 Å². The van der Waals surface area contributed by atoms with E-state index in [2.05, 4.69) is 16.9 Å². The summed E-state index contributed by atoms with van der Waals surface area (Å²) < 4.78 is 10.3. The van der Waals surface area contributed by atoms with E-state index in [-0.39, 0.29) is 13.2 Å². The average Bonchev–Trinajstić information content (AvgIpc) is 3.03. The van der Waals surface area contributed by atoms with Gasteiger partial charge in [-0.25, -0.2) is 9.97 Å². The molecule has 0 spiro atoms. The van der Waals surface area contributed by atoms with Crippen molar-refractivity contribution in [2.45, 2.75) is 43.4 Å². The molecule has 0 saturated heterocycles. The van der Waals surface area contributed by atoms with Crippen molar-refractivity contribution in [3.63, 3.8) is 0 Å². The standard InChI is InChI=1S/C20H22N2O4S/c1-4-25-19(23)15(20(24)26-5-2)16-14-11-12(3)27-18(14)22-17(21-16)13-9-7-6-8-10-13/h6-10,12,15H,4-5,11H2,1-3H3. The van der Waals surface area contributed by atoms with Gasteiger partial charge in [-0.15, -0.1) is 11.8 Å². The topological polar surface area (TPSA) is 78.4 Å². The lowest BCUT2D eigenvalue weighted by Gasteiger charge is -2.17. The molecule has 0 aliphatic carbocycles. The van der Waals surface area contributed by atoms with Crippen molar-refractivity contribution in [2.24, 2.45) is 0 Å². The largest absolute Gasteiger partial charge is 0.465 e. The molecule has 0 saturated carbocycles. The summed E-state index contributed by atoms with van der Waals surface area (Å²) in [5.74, 6) is -1.99. The Morgan fingerprint density at radius 3 is 2.33 bits per heavy atom. The van der Waals surface area contributed by atoms with Gasteiger partial charge in [0.25, 0.3) is 0 Å². The second-order valence-electron chi connectivity index (χ2n) is 6.15. The first-order chi connectivity index (χ1) is 13.0. The highest BCUT2D eigenvalue weighted by Crippen LogP contribution is 2.40. The number of ether oxygens (including phenoxy) is 2. The third-order valence-corrected chi connectivity index (χ3v) is 5.29. The minimum atomic E-state index is -1.20. The van der Waals surface area contributed by atoms with Crippen LogP contribution in [0.15, 0.2) is 35.4 Å². The lowest BCUT2D eigenvalue weighted by molar-refractivity contribution is -0.157. The van der Waals surface area contributed by atoms with E-state index >= 15 is 0 Å². The van der Waals surface area contributed by atoms with E-state index in [9.17, 15) is 9.59 Å². The molecule has 1 unspecified atom stereocenters. The SMILES string of the molecule is CCOC(=O)C(C(=O)OCC)c1nc(-c2ccccc2)nc2c1CC(C)S2. The van der Waals surface area contributed by atoms with Gasteiger partial charge in [-0.1, -0.05) is 37.3 Å². The quantitative estimate of drug-likeness (QED) is 0.428. The summed E-state index contributed by atoms with van der Waals surface area (Å²) in [6, 6.07) is 9.51. The van der Waals surface area contributed by atoms with Crippen LogP contribution < -0.4 is 0 Å². The van der Waals surface area contributed by atoms with E-state index in [0.717, 1.165) is 16.2 Å². The Morgan fingerprint density at radius 1 is 1.11 bits per heavy atom. The zero-order valence-corrected chi connectivity index (χ0v) is 16.4. The zero-order chi connectivity index (χ0) is 19.4. The van der Waals surface area contributed by atoms with Crippen LogP contribution in [0.3, 0.4) is 0 Å². The molecule has 7 heteroatoms. The van der Waals surface area contributed by atoms with Gasteiger partial charge in [-0.2, -0.15) is 0 Å². The lowest BCUT2D eigenvalue weighted by Crippen LogP contribution is -2.28. The summed E-state index contributed by atoms with van der Waals surface area (Å²) in [5.41, 5.74) is 2.05. The van der Waals surface area contributed by atoms with E-state index < -0.39 is 17.9 Å². The van der Waals surface area contributed by atoms with Crippen molar-refractivity contribution in [3.8, 4) is 11.4 Å². The van der Waals surface area contributed by atoms with E-state index in [0.29, 0.717) is 23.2 Å². The van der Waals surface area contributed by atoms with Gasteiger partial charge in [0.05, 0.1) is 18.9 Å². The number of esters is 2. The Balaban J connectivity index is 2.14. The number of hydrogen-bond donors (Lipinski definition) is 0. The predicted octanol–water partition coefficient (Wildman–Crippen LogP) is 3.39. The van der Waals surface area contributed by atoms with Gasteiger partial charge in [-0.05, 0) is 20.3 Å². The fraction of sp³-hybridized carbons (Fsp3) is 0.400. The number of thioether (sulfide) groups is 1. The Kier molecular flexibility index (Phi) is 6.11. The first-order valence-corrected chi connectivity index (χ1v) is 9.89. The monoisotopic (exact) mass is 386 g/mol. The maximum absolute atomic E-state index is 12.6. The van der Waals surface area contributed by atoms with Crippen molar-refractivity contribution in [1.82, 2.24) is 9.97 Å². The molecule has 0 bridgehead atoms. The molecule has 0 fully saturated rings. The molecule has 1 aliphatic rings. The van der Waals surface area contributed by atoms with Crippen LogP contribution in [0, 0.1) is 0 Å². The molecule has 1 aromatic heterocycles. The molecule has 27 heavy (non-hydrogen) atoms. The Morgan fingerprint density at radius 2 is 1.74 bits per heavy atom. The number of aromatic nitrogens is 2. The maximum Gasteiger partial charge on any atom is 0.326 e. The van der Waals surface area contributed by atoms with Crippen LogP contribution in [0.1, 0.15) is 37.9 Å². The zero-order valence-electron chi connectivity index (χ0n) is 15.6. The van der Waals surface area contributed by atoms with Gasteiger partial charge in [0, 0.05) is 16.4 Å². The summed E-state index contributed by atoms with van der Waals surface area (Å²) in [5, 5.41) is 1.11. The number of carbonyl (C=O) groups excluding carboxylic acids is 2. The van der Waals surface area contributed by atoms with Gasteiger partial charge in [-0.3, -0.25) is 9.59 Å². The van der Waals surface area contributed by atoms with Crippen LogP contribution in [0.4, 0.5) is 0 Å². The van der Waals surface area contributed by atoms with E-state index in [1.165, 1.54) is 0 Å². The Labute approximate surface area is 162 Å². The number of benzene rings is 1. The van der Waals surface area contributed by atoms with Gasteiger partial charge >= 0.3 is 11.9 Å². The fourth-order valence-electron chi connectivity index (χ4n) is 3.01. The number of carbonyl (C=O) groups is 2. The van der Waals surface area contributed by atoms with Crippen molar-refractivity contribution in [3.05, 3.63) is 41.6 Å². The summed E-state index contributed by atoms with van der Waals surface area (Å²) in [6.45, 7) is 5.86. The lowest BCUT2D eigenvalue weighted by atomic mass is 9.98.